The third-order valence-electron chi connectivity index (χ3n) is 5.39. The molecule has 180 valence electrons. The molecule has 1 unspecified atom stereocenters. The Hall–Kier alpha value is -2.82. The number of pyridine rings is 1. The zero-order valence-corrected chi connectivity index (χ0v) is 20.9. The fourth-order valence-corrected chi connectivity index (χ4v) is 4.90. The van der Waals surface area contributed by atoms with Gasteiger partial charge in [0.1, 0.15) is 5.82 Å². The van der Waals surface area contributed by atoms with E-state index in [0.717, 1.165) is 5.56 Å². The zero-order valence-electron chi connectivity index (χ0n) is 20.0. The van der Waals surface area contributed by atoms with Gasteiger partial charge in [-0.05, 0) is 57.1 Å². The normalized spacial score (nSPS) is 12.6. The van der Waals surface area contributed by atoms with E-state index in [0.29, 0.717) is 30.2 Å². The van der Waals surface area contributed by atoms with E-state index in [1.807, 2.05) is 13.0 Å². The van der Waals surface area contributed by atoms with E-state index in [2.05, 4.69) is 15.6 Å². The number of sulfonamides is 1. The number of nitrogens with one attached hydrogen (secondary N) is 2. The van der Waals surface area contributed by atoms with E-state index >= 15 is 0 Å². The molecular formula is C23H33N5O4S. The van der Waals surface area contributed by atoms with Crippen molar-refractivity contribution >= 4 is 33.3 Å². The maximum atomic E-state index is 12.9. The third kappa shape index (κ3) is 6.83. The Morgan fingerprint density at radius 3 is 2.30 bits per heavy atom. The Morgan fingerprint density at radius 1 is 1.06 bits per heavy atom. The molecule has 1 aromatic carbocycles. The number of aryl methyl sites for hydroxylation is 2. The lowest BCUT2D eigenvalue weighted by molar-refractivity contribution is -0.122. The lowest BCUT2D eigenvalue weighted by Crippen LogP contribution is -2.43. The molecule has 2 amide bonds. The van der Waals surface area contributed by atoms with Crippen molar-refractivity contribution < 1.29 is 18.0 Å². The van der Waals surface area contributed by atoms with Gasteiger partial charge in [0.2, 0.25) is 21.8 Å². The highest BCUT2D eigenvalue weighted by Crippen LogP contribution is 2.24. The molecule has 9 nitrogen and oxygen atoms in total. The number of carbonyl (C=O) groups is 2. The van der Waals surface area contributed by atoms with Crippen molar-refractivity contribution in [1.29, 1.82) is 0 Å². The molecule has 33 heavy (non-hydrogen) atoms. The van der Waals surface area contributed by atoms with Gasteiger partial charge in [-0.2, -0.15) is 4.31 Å². The lowest BCUT2D eigenvalue weighted by atomic mass is 10.2. The van der Waals surface area contributed by atoms with E-state index in [1.54, 1.807) is 64.0 Å². The predicted molar refractivity (Wildman–Crippen MR) is 130 cm³/mol. The average Bonchev–Trinajstić information content (AvgIpc) is 2.76. The molecule has 2 N–H and O–H groups in total. The molecule has 0 bridgehead atoms. The van der Waals surface area contributed by atoms with Crippen LogP contribution in [0, 0.1) is 13.8 Å². The fourth-order valence-electron chi connectivity index (χ4n) is 3.19. The van der Waals surface area contributed by atoms with Crippen molar-refractivity contribution in [3.05, 3.63) is 47.7 Å². The molecule has 2 rings (SSSR count). The predicted octanol–water partition coefficient (Wildman–Crippen LogP) is 2.63. The van der Waals surface area contributed by atoms with Crippen molar-refractivity contribution in [2.24, 2.45) is 0 Å². The van der Waals surface area contributed by atoms with Crippen LogP contribution in [-0.4, -0.2) is 67.1 Å². The SMILES string of the molecule is CCN(CC)S(=O)(=O)c1cc(NC(=O)C(C)N(C)CC(=O)Nc2ccc(C)cn2)ccc1C. The van der Waals surface area contributed by atoms with Gasteiger partial charge in [-0.1, -0.05) is 26.0 Å². The minimum Gasteiger partial charge on any atom is -0.325 e. The number of anilines is 2. The summed E-state index contributed by atoms with van der Waals surface area (Å²) in [5.74, 6) is -0.206. The van der Waals surface area contributed by atoms with Gasteiger partial charge in [-0.25, -0.2) is 13.4 Å². The summed E-state index contributed by atoms with van der Waals surface area (Å²) >= 11 is 0. The van der Waals surface area contributed by atoms with Crippen molar-refractivity contribution in [1.82, 2.24) is 14.2 Å². The number of amides is 2. The number of likely N-dealkylation sites (N-methyl/N-ethyl adjacent to an activating group) is 1. The molecule has 0 saturated carbocycles. The summed E-state index contributed by atoms with van der Waals surface area (Å²) < 4.78 is 27.3. The number of carbonyl (C=O) groups excluding carboxylic acids is 2. The van der Waals surface area contributed by atoms with Crippen molar-refractivity contribution in [3.63, 3.8) is 0 Å². The standard InChI is InChI=1S/C23H33N5O4S/c1-7-28(8-2)33(31,32)20-13-19(11-10-17(20)4)25-23(30)18(5)27(6)15-22(29)26-21-12-9-16(3)14-24-21/h9-14,18H,7-8,15H2,1-6H3,(H,25,30)(H,24,26,29). The van der Waals surface area contributed by atoms with E-state index in [4.69, 9.17) is 0 Å². The highest BCUT2D eigenvalue weighted by molar-refractivity contribution is 7.89. The van der Waals surface area contributed by atoms with Crippen LogP contribution in [0.1, 0.15) is 31.9 Å². The second-order valence-corrected chi connectivity index (χ2v) is 9.83. The molecule has 1 heterocycles. The van der Waals surface area contributed by atoms with Crippen LogP contribution in [0.15, 0.2) is 41.4 Å². The Balaban J connectivity index is 2.06. The quantitative estimate of drug-likeness (QED) is 0.546. The van der Waals surface area contributed by atoms with Crippen LogP contribution in [0.25, 0.3) is 0 Å². The highest BCUT2D eigenvalue weighted by Gasteiger charge is 2.25. The van der Waals surface area contributed by atoms with Gasteiger partial charge in [0.25, 0.3) is 0 Å². The molecule has 0 saturated heterocycles. The molecule has 0 aliphatic rings. The highest BCUT2D eigenvalue weighted by atomic mass is 32.2. The Morgan fingerprint density at radius 2 is 1.73 bits per heavy atom. The summed E-state index contributed by atoms with van der Waals surface area (Å²) in [7, 11) is -2.00. The van der Waals surface area contributed by atoms with Crippen LogP contribution in [0.2, 0.25) is 0 Å². The van der Waals surface area contributed by atoms with Gasteiger partial charge in [0.05, 0.1) is 17.5 Å². The number of nitrogens with zero attached hydrogens (tertiary/aromatic N) is 3. The summed E-state index contributed by atoms with van der Waals surface area (Å²) in [5, 5.41) is 5.46. The first-order chi connectivity index (χ1) is 15.5. The zero-order chi connectivity index (χ0) is 24.8. The monoisotopic (exact) mass is 475 g/mol. The molecule has 2 aromatic rings. The summed E-state index contributed by atoms with van der Waals surface area (Å²) in [6.45, 7) is 9.57. The van der Waals surface area contributed by atoms with E-state index in [9.17, 15) is 18.0 Å². The Labute approximate surface area is 196 Å². The van der Waals surface area contributed by atoms with Gasteiger partial charge in [0, 0.05) is 25.0 Å². The molecular weight excluding hydrogens is 442 g/mol. The van der Waals surface area contributed by atoms with Crippen LogP contribution in [0.4, 0.5) is 11.5 Å². The fraction of sp³-hybridized carbons (Fsp3) is 0.435. The molecule has 0 radical (unpaired) electrons. The van der Waals surface area contributed by atoms with Gasteiger partial charge in [-0.3, -0.25) is 14.5 Å². The molecule has 1 aromatic heterocycles. The van der Waals surface area contributed by atoms with Gasteiger partial charge >= 0.3 is 0 Å². The Kier molecular flexibility index (Phi) is 9.09. The van der Waals surface area contributed by atoms with E-state index in [1.165, 1.54) is 10.4 Å². The smallest absolute Gasteiger partial charge is 0.243 e. The second kappa shape index (κ2) is 11.4. The van der Waals surface area contributed by atoms with Crippen LogP contribution in [-0.2, 0) is 19.6 Å². The number of benzene rings is 1. The maximum Gasteiger partial charge on any atom is 0.243 e. The summed E-state index contributed by atoms with van der Waals surface area (Å²) in [5.41, 5.74) is 1.97. The number of hydrogen-bond donors (Lipinski definition) is 2. The minimum absolute atomic E-state index is 0.0143. The number of aromatic nitrogens is 1. The van der Waals surface area contributed by atoms with Gasteiger partial charge in [-0.15, -0.1) is 0 Å². The topological polar surface area (TPSA) is 112 Å². The third-order valence-corrected chi connectivity index (χ3v) is 7.58. The first-order valence-corrected chi connectivity index (χ1v) is 12.3. The van der Waals surface area contributed by atoms with Crippen LogP contribution < -0.4 is 10.6 Å². The summed E-state index contributed by atoms with van der Waals surface area (Å²) in [6, 6.07) is 7.73. The molecule has 10 heteroatoms. The van der Waals surface area contributed by atoms with Crippen LogP contribution in [0.3, 0.4) is 0 Å². The molecule has 1 atom stereocenters. The first-order valence-electron chi connectivity index (χ1n) is 10.8. The molecule has 0 spiro atoms. The largest absolute Gasteiger partial charge is 0.325 e. The first kappa shape index (κ1) is 26.4. The van der Waals surface area contributed by atoms with Gasteiger partial charge in [0.15, 0.2) is 0 Å². The van der Waals surface area contributed by atoms with Gasteiger partial charge < -0.3 is 10.6 Å². The number of hydrogen-bond acceptors (Lipinski definition) is 6. The van der Waals surface area contributed by atoms with Crippen molar-refractivity contribution in [2.45, 2.75) is 45.6 Å². The van der Waals surface area contributed by atoms with Crippen molar-refractivity contribution in [2.75, 3.05) is 37.3 Å². The van der Waals surface area contributed by atoms with E-state index < -0.39 is 16.1 Å². The lowest BCUT2D eigenvalue weighted by Gasteiger charge is -2.24. The summed E-state index contributed by atoms with van der Waals surface area (Å²) in [6.07, 6.45) is 1.66. The molecule has 0 fully saturated rings. The minimum atomic E-state index is -3.66. The molecule has 0 aliphatic carbocycles. The average molecular weight is 476 g/mol. The maximum absolute atomic E-state index is 12.9. The molecule has 0 aliphatic heterocycles. The van der Waals surface area contributed by atoms with Crippen molar-refractivity contribution in [3.8, 4) is 0 Å². The second-order valence-electron chi connectivity index (χ2n) is 7.92. The van der Waals surface area contributed by atoms with E-state index in [-0.39, 0.29) is 23.3 Å². The summed E-state index contributed by atoms with van der Waals surface area (Å²) in [4.78, 5) is 31.0. The van der Waals surface area contributed by atoms with Crippen LogP contribution >= 0.6 is 0 Å². The van der Waals surface area contributed by atoms with Crippen LogP contribution in [0.5, 0.6) is 0 Å². The number of rotatable bonds is 10. The Bertz CT molecular complexity index is 1080.